The number of carbonyl (C=O) groups excluding carboxylic acids is 1. The molecular weight excluding hydrogens is 326 g/mol. The van der Waals surface area contributed by atoms with Crippen LogP contribution in [0.1, 0.15) is 5.82 Å². The SMILES string of the molecule is Cn1c(CCNC(=O)COc2ccccc2)nc2cc(Cl)ccc21. The number of aryl methyl sites for hydroxylation is 1. The Balaban J connectivity index is 1.51. The molecule has 1 aromatic heterocycles. The molecule has 1 N–H and O–H groups in total. The van der Waals surface area contributed by atoms with Gasteiger partial charge in [0, 0.05) is 25.0 Å². The van der Waals surface area contributed by atoms with Gasteiger partial charge in [-0.3, -0.25) is 4.79 Å². The summed E-state index contributed by atoms with van der Waals surface area (Å²) in [6, 6.07) is 14.9. The van der Waals surface area contributed by atoms with Crippen molar-refractivity contribution in [2.75, 3.05) is 13.2 Å². The zero-order chi connectivity index (χ0) is 16.9. The zero-order valence-corrected chi connectivity index (χ0v) is 14.1. The molecule has 6 heteroatoms. The maximum absolute atomic E-state index is 11.8. The highest BCUT2D eigenvalue weighted by Crippen LogP contribution is 2.19. The Kier molecular flexibility index (Phi) is 5.01. The summed E-state index contributed by atoms with van der Waals surface area (Å²) in [4.78, 5) is 16.4. The van der Waals surface area contributed by atoms with E-state index < -0.39 is 0 Å². The predicted octanol–water partition coefficient (Wildman–Crippen LogP) is 2.96. The van der Waals surface area contributed by atoms with Crippen molar-refractivity contribution in [2.24, 2.45) is 7.05 Å². The van der Waals surface area contributed by atoms with E-state index in [2.05, 4.69) is 10.3 Å². The van der Waals surface area contributed by atoms with E-state index in [0.29, 0.717) is 23.7 Å². The number of hydrogen-bond donors (Lipinski definition) is 1. The van der Waals surface area contributed by atoms with Crippen LogP contribution in [0.5, 0.6) is 5.75 Å². The minimum Gasteiger partial charge on any atom is -0.484 e. The van der Waals surface area contributed by atoms with E-state index in [1.807, 2.05) is 60.1 Å². The van der Waals surface area contributed by atoms with E-state index in [4.69, 9.17) is 16.3 Å². The van der Waals surface area contributed by atoms with Crippen molar-refractivity contribution in [3.05, 3.63) is 59.4 Å². The van der Waals surface area contributed by atoms with E-state index in [1.165, 1.54) is 0 Å². The van der Waals surface area contributed by atoms with Gasteiger partial charge < -0.3 is 14.6 Å². The first-order valence-electron chi connectivity index (χ1n) is 7.69. The Morgan fingerprint density at radius 1 is 1.25 bits per heavy atom. The third-order valence-corrected chi connectivity index (χ3v) is 3.95. The first-order valence-corrected chi connectivity index (χ1v) is 8.06. The normalized spacial score (nSPS) is 10.8. The molecule has 3 rings (SSSR count). The number of hydrogen-bond acceptors (Lipinski definition) is 3. The fraction of sp³-hybridized carbons (Fsp3) is 0.222. The second-order valence-electron chi connectivity index (χ2n) is 5.42. The van der Waals surface area contributed by atoms with E-state index in [1.54, 1.807) is 0 Å². The third-order valence-electron chi connectivity index (χ3n) is 3.72. The monoisotopic (exact) mass is 343 g/mol. The average Bonchev–Trinajstić information content (AvgIpc) is 2.89. The highest BCUT2D eigenvalue weighted by atomic mass is 35.5. The van der Waals surface area contributed by atoms with Crippen LogP contribution in [0.4, 0.5) is 0 Å². The molecule has 1 heterocycles. The van der Waals surface area contributed by atoms with Gasteiger partial charge in [0.2, 0.25) is 0 Å². The molecule has 0 aliphatic heterocycles. The Morgan fingerprint density at radius 3 is 2.83 bits per heavy atom. The molecule has 3 aromatic rings. The molecule has 0 unspecified atom stereocenters. The van der Waals surface area contributed by atoms with Crippen molar-refractivity contribution < 1.29 is 9.53 Å². The highest BCUT2D eigenvalue weighted by molar-refractivity contribution is 6.31. The molecule has 0 saturated carbocycles. The minimum absolute atomic E-state index is 0.00215. The number of carbonyl (C=O) groups is 1. The van der Waals surface area contributed by atoms with Gasteiger partial charge in [-0.05, 0) is 30.3 Å². The maximum atomic E-state index is 11.8. The molecule has 1 amide bonds. The number of halogens is 1. The molecule has 0 bridgehead atoms. The van der Waals surface area contributed by atoms with Gasteiger partial charge in [0.25, 0.3) is 5.91 Å². The van der Waals surface area contributed by atoms with Crippen LogP contribution in [0.15, 0.2) is 48.5 Å². The van der Waals surface area contributed by atoms with Crippen molar-refractivity contribution in [1.82, 2.24) is 14.9 Å². The van der Waals surface area contributed by atoms with Crippen molar-refractivity contribution in [1.29, 1.82) is 0 Å². The summed E-state index contributed by atoms with van der Waals surface area (Å²) in [5, 5.41) is 3.51. The molecule has 0 aliphatic carbocycles. The maximum Gasteiger partial charge on any atom is 0.257 e. The van der Waals surface area contributed by atoms with E-state index in [9.17, 15) is 4.79 Å². The number of benzene rings is 2. The van der Waals surface area contributed by atoms with Crippen molar-refractivity contribution >= 4 is 28.5 Å². The number of nitrogens with zero attached hydrogens (tertiary/aromatic N) is 2. The van der Waals surface area contributed by atoms with Gasteiger partial charge in [0.15, 0.2) is 6.61 Å². The van der Waals surface area contributed by atoms with Crippen LogP contribution >= 0.6 is 11.6 Å². The van der Waals surface area contributed by atoms with Gasteiger partial charge >= 0.3 is 0 Å². The van der Waals surface area contributed by atoms with Gasteiger partial charge in [0.1, 0.15) is 11.6 Å². The van der Waals surface area contributed by atoms with Crippen LogP contribution in [0.2, 0.25) is 5.02 Å². The number of rotatable bonds is 6. The first-order chi connectivity index (χ1) is 11.6. The summed E-state index contributed by atoms with van der Waals surface area (Å²) in [5.74, 6) is 1.43. The van der Waals surface area contributed by atoms with Crippen LogP contribution in [-0.2, 0) is 18.3 Å². The van der Waals surface area contributed by atoms with Crippen LogP contribution in [0, 0.1) is 0 Å². The molecule has 124 valence electrons. The largest absolute Gasteiger partial charge is 0.484 e. The molecule has 0 fully saturated rings. The average molecular weight is 344 g/mol. The molecule has 0 atom stereocenters. The number of fused-ring (bicyclic) bond motifs is 1. The number of imidazole rings is 1. The molecule has 0 radical (unpaired) electrons. The van der Waals surface area contributed by atoms with Crippen LogP contribution < -0.4 is 10.1 Å². The summed E-state index contributed by atoms with van der Waals surface area (Å²) in [6.45, 7) is 0.504. The zero-order valence-electron chi connectivity index (χ0n) is 13.3. The van der Waals surface area contributed by atoms with Gasteiger partial charge in [-0.15, -0.1) is 0 Å². The molecule has 0 saturated heterocycles. The quantitative estimate of drug-likeness (QED) is 0.748. The Bertz CT molecular complexity index is 846. The fourth-order valence-corrected chi connectivity index (χ4v) is 2.64. The fourth-order valence-electron chi connectivity index (χ4n) is 2.48. The Hall–Kier alpha value is -2.53. The van der Waals surface area contributed by atoms with Crippen LogP contribution in [-0.4, -0.2) is 28.6 Å². The van der Waals surface area contributed by atoms with Crippen LogP contribution in [0.25, 0.3) is 11.0 Å². The lowest BCUT2D eigenvalue weighted by Crippen LogP contribution is -2.31. The standard InChI is InChI=1S/C18H18ClN3O2/c1-22-16-8-7-13(19)11-15(16)21-17(22)9-10-20-18(23)12-24-14-5-3-2-4-6-14/h2-8,11H,9-10,12H2,1H3,(H,20,23). The number of para-hydroxylation sites is 1. The van der Waals surface area contributed by atoms with E-state index in [0.717, 1.165) is 16.9 Å². The first kappa shape index (κ1) is 16.3. The summed E-state index contributed by atoms with van der Waals surface area (Å²) in [6.07, 6.45) is 0.639. The lowest BCUT2D eigenvalue weighted by atomic mass is 10.3. The second-order valence-corrected chi connectivity index (χ2v) is 5.86. The summed E-state index contributed by atoms with van der Waals surface area (Å²) in [5.41, 5.74) is 1.88. The van der Waals surface area contributed by atoms with Crippen molar-refractivity contribution in [2.45, 2.75) is 6.42 Å². The lowest BCUT2D eigenvalue weighted by molar-refractivity contribution is -0.123. The molecule has 2 aromatic carbocycles. The number of amides is 1. The summed E-state index contributed by atoms with van der Waals surface area (Å²) >= 11 is 5.99. The van der Waals surface area contributed by atoms with E-state index in [-0.39, 0.29) is 12.5 Å². The number of aromatic nitrogens is 2. The number of ether oxygens (including phenoxy) is 1. The molecule has 0 spiro atoms. The van der Waals surface area contributed by atoms with Gasteiger partial charge in [0.05, 0.1) is 11.0 Å². The molecule has 5 nitrogen and oxygen atoms in total. The van der Waals surface area contributed by atoms with E-state index >= 15 is 0 Å². The smallest absolute Gasteiger partial charge is 0.257 e. The lowest BCUT2D eigenvalue weighted by Gasteiger charge is -2.07. The Morgan fingerprint density at radius 2 is 2.04 bits per heavy atom. The van der Waals surface area contributed by atoms with Crippen molar-refractivity contribution in [3.8, 4) is 5.75 Å². The van der Waals surface area contributed by atoms with Gasteiger partial charge in [-0.25, -0.2) is 4.98 Å². The number of nitrogens with one attached hydrogen (secondary N) is 1. The molecule has 0 aliphatic rings. The van der Waals surface area contributed by atoms with Crippen LogP contribution in [0.3, 0.4) is 0 Å². The van der Waals surface area contributed by atoms with Crippen molar-refractivity contribution in [3.63, 3.8) is 0 Å². The van der Waals surface area contributed by atoms with Gasteiger partial charge in [-0.1, -0.05) is 29.8 Å². The Labute approximate surface area is 145 Å². The topological polar surface area (TPSA) is 56.2 Å². The summed E-state index contributed by atoms with van der Waals surface area (Å²) < 4.78 is 7.42. The third kappa shape index (κ3) is 3.86. The highest BCUT2D eigenvalue weighted by Gasteiger charge is 2.09. The second kappa shape index (κ2) is 7.36. The molecule has 24 heavy (non-hydrogen) atoms. The predicted molar refractivity (Wildman–Crippen MR) is 94.4 cm³/mol. The summed E-state index contributed by atoms with van der Waals surface area (Å²) in [7, 11) is 1.96. The van der Waals surface area contributed by atoms with Gasteiger partial charge in [-0.2, -0.15) is 0 Å². The molecular formula is C18H18ClN3O2. The minimum atomic E-state index is -0.152.